The average Bonchev–Trinajstić information content (AvgIpc) is 2.65. The maximum atomic E-state index is 2.43. The first kappa shape index (κ1) is 9.55. The molecule has 0 aromatic carbocycles. The zero-order valence-electron chi connectivity index (χ0n) is 9.59. The quantitative estimate of drug-likeness (QED) is 0.616. The van der Waals surface area contributed by atoms with Crippen LogP contribution in [0, 0.1) is 35.5 Å². The molecule has 3 atom stereocenters. The Kier molecular flexibility index (Phi) is 2.42. The van der Waals surface area contributed by atoms with E-state index in [1.54, 1.807) is 19.3 Å². The normalized spacial score (nSPS) is 39.7. The fraction of sp³-hybridized carbons (Fsp3) is 1.00. The van der Waals surface area contributed by atoms with Crippen LogP contribution in [0.5, 0.6) is 0 Å². The summed E-state index contributed by atoms with van der Waals surface area (Å²) in [6.45, 7) is 9.66. The molecule has 2 rings (SSSR count). The molecule has 0 radical (unpaired) electrons. The van der Waals surface area contributed by atoms with Gasteiger partial charge in [0.05, 0.1) is 0 Å². The first-order valence-electron chi connectivity index (χ1n) is 6.11. The molecule has 2 aliphatic carbocycles. The predicted molar refractivity (Wildman–Crippen MR) is 57.5 cm³/mol. The van der Waals surface area contributed by atoms with Crippen molar-refractivity contribution >= 4 is 0 Å². The lowest BCUT2D eigenvalue weighted by molar-refractivity contribution is -0.0137. The van der Waals surface area contributed by atoms with Crippen molar-refractivity contribution in [1.82, 2.24) is 0 Å². The molecule has 0 bridgehead atoms. The van der Waals surface area contributed by atoms with Crippen molar-refractivity contribution in [3.8, 4) is 0 Å². The first-order valence-corrected chi connectivity index (χ1v) is 6.11. The van der Waals surface area contributed by atoms with Gasteiger partial charge in [-0.2, -0.15) is 0 Å². The highest BCUT2D eigenvalue weighted by molar-refractivity contribution is 4.98. The van der Waals surface area contributed by atoms with E-state index in [2.05, 4.69) is 27.7 Å². The second-order valence-electron chi connectivity index (χ2n) is 5.97. The lowest BCUT2D eigenvalue weighted by Gasteiger charge is -2.50. The van der Waals surface area contributed by atoms with Crippen LogP contribution in [0.25, 0.3) is 0 Å². The Morgan fingerprint density at radius 2 is 1.54 bits per heavy atom. The Hall–Kier alpha value is 0. The van der Waals surface area contributed by atoms with Crippen LogP contribution in [-0.4, -0.2) is 0 Å². The first-order chi connectivity index (χ1) is 6.11. The van der Waals surface area contributed by atoms with Crippen LogP contribution in [0.15, 0.2) is 0 Å². The lowest BCUT2D eigenvalue weighted by Crippen LogP contribution is -2.43. The highest BCUT2D eigenvalue weighted by Gasteiger charge is 2.49. The molecule has 0 saturated heterocycles. The van der Waals surface area contributed by atoms with Crippen LogP contribution in [-0.2, 0) is 0 Å². The van der Waals surface area contributed by atoms with E-state index >= 15 is 0 Å². The molecule has 3 unspecified atom stereocenters. The molecule has 2 saturated carbocycles. The highest BCUT2D eigenvalue weighted by Crippen LogP contribution is 2.57. The van der Waals surface area contributed by atoms with Gasteiger partial charge in [0.2, 0.25) is 0 Å². The van der Waals surface area contributed by atoms with Crippen molar-refractivity contribution in [2.24, 2.45) is 35.5 Å². The molecule has 0 amide bonds. The van der Waals surface area contributed by atoms with E-state index in [1.807, 2.05) is 0 Å². The Balaban J connectivity index is 1.96. The van der Waals surface area contributed by atoms with Gasteiger partial charge in [-0.3, -0.25) is 0 Å². The van der Waals surface area contributed by atoms with Gasteiger partial charge in [-0.25, -0.2) is 0 Å². The minimum absolute atomic E-state index is 0.919. The number of hydrogen-bond donors (Lipinski definition) is 0. The van der Waals surface area contributed by atoms with Gasteiger partial charge in [0.1, 0.15) is 0 Å². The summed E-state index contributed by atoms with van der Waals surface area (Å²) in [4.78, 5) is 0. The van der Waals surface area contributed by atoms with Crippen molar-refractivity contribution in [1.29, 1.82) is 0 Å². The van der Waals surface area contributed by atoms with E-state index in [0.29, 0.717) is 0 Å². The van der Waals surface area contributed by atoms with E-state index in [4.69, 9.17) is 0 Å². The number of hydrogen-bond acceptors (Lipinski definition) is 0. The minimum atomic E-state index is 0.919. The summed E-state index contributed by atoms with van der Waals surface area (Å²) in [5, 5.41) is 0. The second kappa shape index (κ2) is 3.29. The smallest absolute Gasteiger partial charge is 0.0329 e. The molecular formula is C13H24. The van der Waals surface area contributed by atoms with Gasteiger partial charge in [0.25, 0.3) is 0 Å². The van der Waals surface area contributed by atoms with Gasteiger partial charge in [-0.15, -0.1) is 0 Å². The molecule has 0 N–H and O–H groups in total. The largest absolute Gasteiger partial charge is 0.0625 e. The molecule has 0 aliphatic heterocycles. The van der Waals surface area contributed by atoms with Crippen molar-refractivity contribution < 1.29 is 0 Å². The van der Waals surface area contributed by atoms with Crippen LogP contribution in [0.2, 0.25) is 0 Å². The van der Waals surface area contributed by atoms with Gasteiger partial charge >= 0.3 is 0 Å². The SMILES string of the molecule is CC(C)C1CC(C2CC2)C1C(C)C. The van der Waals surface area contributed by atoms with E-state index in [1.165, 1.54) is 0 Å². The van der Waals surface area contributed by atoms with Crippen molar-refractivity contribution in [2.45, 2.75) is 47.0 Å². The third-order valence-corrected chi connectivity index (χ3v) is 4.39. The molecule has 0 nitrogen and oxygen atoms in total. The molecule has 0 aromatic rings. The molecule has 2 aliphatic rings. The molecule has 0 spiro atoms. The van der Waals surface area contributed by atoms with Crippen molar-refractivity contribution in [3.05, 3.63) is 0 Å². The summed E-state index contributed by atoms with van der Waals surface area (Å²) < 4.78 is 0. The van der Waals surface area contributed by atoms with Gasteiger partial charge in [0.15, 0.2) is 0 Å². The maximum absolute atomic E-state index is 2.43. The summed E-state index contributed by atoms with van der Waals surface area (Å²) in [6, 6.07) is 0. The fourth-order valence-electron chi connectivity index (χ4n) is 3.49. The van der Waals surface area contributed by atoms with Crippen LogP contribution in [0.3, 0.4) is 0 Å². The maximum Gasteiger partial charge on any atom is -0.0329 e. The molecule has 13 heavy (non-hydrogen) atoms. The highest BCUT2D eigenvalue weighted by atomic mass is 14.5. The fourth-order valence-corrected chi connectivity index (χ4v) is 3.49. The van der Waals surface area contributed by atoms with Crippen molar-refractivity contribution in [3.63, 3.8) is 0 Å². The zero-order chi connectivity index (χ0) is 9.59. The molecule has 0 heterocycles. The lowest BCUT2D eigenvalue weighted by atomic mass is 9.55. The van der Waals surface area contributed by atoms with Crippen LogP contribution in [0.1, 0.15) is 47.0 Å². The average molecular weight is 180 g/mol. The van der Waals surface area contributed by atoms with Gasteiger partial charge in [0, 0.05) is 0 Å². The third kappa shape index (κ3) is 1.65. The van der Waals surface area contributed by atoms with Crippen LogP contribution >= 0.6 is 0 Å². The minimum Gasteiger partial charge on any atom is -0.0625 e. The Bertz CT molecular complexity index is 168. The van der Waals surface area contributed by atoms with Gasteiger partial charge in [-0.1, -0.05) is 27.7 Å². The molecular weight excluding hydrogens is 156 g/mol. The summed E-state index contributed by atoms with van der Waals surface area (Å²) in [6.07, 6.45) is 4.63. The topological polar surface area (TPSA) is 0 Å². The zero-order valence-corrected chi connectivity index (χ0v) is 9.59. The Labute approximate surface area is 83.1 Å². The molecule has 0 aromatic heterocycles. The Morgan fingerprint density at radius 1 is 0.923 bits per heavy atom. The number of rotatable bonds is 3. The van der Waals surface area contributed by atoms with Crippen LogP contribution in [0.4, 0.5) is 0 Å². The molecule has 76 valence electrons. The van der Waals surface area contributed by atoms with E-state index < -0.39 is 0 Å². The van der Waals surface area contributed by atoms with E-state index in [-0.39, 0.29) is 0 Å². The summed E-state index contributed by atoms with van der Waals surface area (Å²) in [7, 11) is 0. The van der Waals surface area contributed by atoms with E-state index in [9.17, 15) is 0 Å². The monoisotopic (exact) mass is 180 g/mol. The molecule has 2 fully saturated rings. The van der Waals surface area contributed by atoms with Gasteiger partial charge < -0.3 is 0 Å². The molecule has 0 heteroatoms. The summed E-state index contributed by atoms with van der Waals surface area (Å²) in [5.74, 6) is 6.21. The Morgan fingerprint density at radius 3 is 1.92 bits per heavy atom. The second-order valence-corrected chi connectivity index (χ2v) is 5.97. The van der Waals surface area contributed by atoms with Crippen LogP contribution < -0.4 is 0 Å². The van der Waals surface area contributed by atoms with Gasteiger partial charge in [-0.05, 0) is 54.8 Å². The van der Waals surface area contributed by atoms with E-state index in [0.717, 1.165) is 35.5 Å². The predicted octanol–water partition coefficient (Wildman–Crippen LogP) is 3.96. The summed E-state index contributed by atoms with van der Waals surface area (Å²) in [5.41, 5.74) is 0. The summed E-state index contributed by atoms with van der Waals surface area (Å²) >= 11 is 0. The third-order valence-electron chi connectivity index (χ3n) is 4.39. The van der Waals surface area contributed by atoms with Crippen molar-refractivity contribution in [2.75, 3.05) is 0 Å². The standard InChI is InChI=1S/C13H24/c1-8(2)11-7-12(10-5-6-10)13(11)9(3)4/h8-13H,5-7H2,1-4H3.